The van der Waals surface area contributed by atoms with Crippen LogP contribution in [0.3, 0.4) is 0 Å². The van der Waals surface area contributed by atoms with Crippen molar-refractivity contribution in [2.45, 2.75) is 32.6 Å². The van der Waals surface area contributed by atoms with Crippen molar-refractivity contribution in [1.82, 2.24) is 9.97 Å². The quantitative estimate of drug-likeness (QED) is 0.591. The molecule has 0 saturated carbocycles. The summed E-state index contributed by atoms with van der Waals surface area (Å²) >= 11 is 0. The second-order valence-electron chi connectivity index (χ2n) is 7.87. The lowest BCUT2D eigenvalue weighted by atomic mass is 9.98. The molecule has 2 N–H and O–H groups in total. The Hall–Kier alpha value is -3.74. The molecule has 0 fully saturated rings. The van der Waals surface area contributed by atoms with Crippen molar-refractivity contribution in [3.05, 3.63) is 65.9 Å². The van der Waals surface area contributed by atoms with Crippen molar-refractivity contribution in [3.8, 4) is 17.3 Å². The largest absolute Gasteiger partial charge is 0.481 e. The van der Waals surface area contributed by atoms with E-state index in [9.17, 15) is 9.59 Å². The van der Waals surface area contributed by atoms with Crippen LogP contribution in [-0.4, -0.2) is 28.9 Å². The summed E-state index contributed by atoms with van der Waals surface area (Å²) in [4.78, 5) is 33.7. The second-order valence-corrected chi connectivity index (χ2v) is 7.87. The van der Waals surface area contributed by atoms with Gasteiger partial charge in [0.15, 0.2) is 5.82 Å². The summed E-state index contributed by atoms with van der Waals surface area (Å²) < 4.78 is 5.58. The van der Waals surface area contributed by atoms with E-state index in [2.05, 4.69) is 15.6 Å². The molecule has 0 bridgehead atoms. The zero-order valence-corrected chi connectivity index (χ0v) is 18.2. The highest BCUT2D eigenvalue weighted by molar-refractivity contribution is 5.94. The Morgan fingerprint density at radius 3 is 2.38 bits per heavy atom. The highest BCUT2D eigenvalue weighted by Gasteiger charge is 2.26. The molecule has 1 atom stereocenters. The van der Waals surface area contributed by atoms with Gasteiger partial charge in [-0.15, -0.1) is 0 Å². The summed E-state index contributed by atoms with van der Waals surface area (Å²) in [5, 5.41) is 5.72. The van der Waals surface area contributed by atoms with E-state index in [1.165, 1.54) is 6.92 Å². The van der Waals surface area contributed by atoms with E-state index in [1.807, 2.05) is 36.4 Å². The molecular formula is C25H26N4O3. The van der Waals surface area contributed by atoms with E-state index < -0.39 is 0 Å². The number of aromatic nitrogens is 2. The molecule has 4 rings (SSSR count). The normalized spacial score (nSPS) is 15.2. The number of nitrogens with zero attached hydrogens (tertiary/aromatic N) is 2. The number of hydrogen-bond acceptors (Lipinski definition) is 5. The number of carbonyl (C=O) groups excluding carboxylic acids is 2. The van der Waals surface area contributed by atoms with E-state index in [-0.39, 0.29) is 17.7 Å². The second kappa shape index (κ2) is 9.60. The van der Waals surface area contributed by atoms with Gasteiger partial charge in [0.2, 0.25) is 17.7 Å². The summed E-state index contributed by atoms with van der Waals surface area (Å²) in [6.07, 6.45) is 2.74. The van der Waals surface area contributed by atoms with E-state index in [0.29, 0.717) is 48.8 Å². The SMILES string of the molecule is COc1nc(-c2ccccc2)nc2c1CCC(C(=O)Nc1cccc(NC(C)=O)c1)CC2. The van der Waals surface area contributed by atoms with Crippen molar-refractivity contribution in [1.29, 1.82) is 0 Å². The molecule has 0 spiro atoms. The lowest BCUT2D eigenvalue weighted by Crippen LogP contribution is -2.23. The Balaban J connectivity index is 1.50. The molecule has 1 aliphatic rings. The molecule has 1 heterocycles. The van der Waals surface area contributed by atoms with Crippen LogP contribution in [0.25, 0.3) is 11.4 Å². The van der Waals surface area contributed by atoms with E-state index >= 15 is 0 Å². The molecule has 0 aliphatic heterocycles. The molecule has 3 aromatic rings. The van der Waals surface area contributed by atoms with E-state index in [1.54, 1.807) is 25.3 Å². The first-order chi connectivity index (χ1) is 15.5. The molecule has 1 aliphatic carbocycles. The van der Waals surface area contributed by atoms with Crippen molar-refractivity contribution < 1.29 is 14.3 Å². The minimum absolute atomic E-state index is 0.0343. The lowest BCUT2D eigenvalue weighted by Gasteiger charge is -2.14. The van der Waals surface area contributed by atoms with Crippen LogP contribution in [0.1, 0.15) is 31.0 Å². The van der Waals surface area contributed by atoms with Crippen molar-refractivity contribution >= 4 is 23.2 Å². The van der Waals surface area contributed by atoms with Crippen LogP contribution in [0, 0.1) is 5.92 Å². The maximum atomic E-state index is 13.0. The molecule has 2 amide bonds. The summed E-state index contributed by atoms with van der Waals surface area (Å²) in [5.41, 5.74) is 4.17. The zero-order chi connectivity index (χ0) is 22.5. The fourth-order valence-corrected chi connectivity index (χ4v) is 4.01. The molecule has 32 heavy (non-hydrogen) atoms. The molecule has 0 saturated heterocycles. The van der Waals surface area contributed by atoms with Crippen LogP contribution >= 0.6 is 0 Å². The number of methoxy groups -OCH3 is 1. The van der Waals surface area contributed by atoms with Crippen LogP contribution in [0.15, 0.2) is 54.6 Å². The number of fused-ring (bicyclic) bond motifs is 1. The van der Waals surface area contributed by atoms with Gasteiger partial charge in [0.25, 0.3) is 0 Å². The first-order valence-electron chi connectivity index (χ1n) is 10.7. The number of nitrogens with one attached hydrogen (secondary N) is 2. The molecule has 1 aromatic heterocycles. The number of rotatable bonds is 5. The van der Waals surface area contributed by atoms with E-state index in [4.69, 9.17) is 9.72 Å². The Kier molecular flexibility index (Phi) is 6.44. The van der Waals surface area contributed by atoms with Gasteiger partial charge in [-0.3, -0.25) is 9.59 Å². The number of carbonyl (C=O) groups is 2. The van der Waals surface area contributed by atoms with Crippen LogP contribution < -0.4 is 15.4 Å². The average Bonchev–Trinajstić information content (AvgIpc) is 3.01. The third kappa shape index (κ3) is 4.94. The third-order valence-electron chi connectivity index (χ3n) is 5.57. The van der Waals surface area contributed by atoms with Gasteiger partial charge in [0, 0.05) is 35.3 Å². The summed E-state index contributed by atoms with van der Waals surface area (Å²) in [6.45, 7) is 1.45. The highest BCUT2D eigenvalue weighted by Crippen LogP contribution is 2.31. The molecule has 0 radical (unpaired) electrons. The average molecular weight is 431 g/mol. The monoisotopic (exact) mass is 430 g/mol. The fourth-order valence-electron chi connectivity index (χ4n) is 4.01. The lowest BCUT2D eigenvalue weighted by molar-refractivity contribution is -0.120. The minimum atomic E-state index is -0.154. The number of hydrogen-bond donors (Lipinski definition) is 2. The van der Waals surface area contributed by atoms with Gasteiger partial charge in [0.1, 0.15) is 0 Å². The first-order valence-corrected chi connectivity index (χ1v) is 10.7. The first kappa shape index (κ1) is 21.5. The van der Waals surface area contributed by atoms with Gasteiger partial charge < -0.3 is 15.4 Å². The molecular weight excluding hydrogens is 404 g/mol. The third-order valence-corrected chi connectivity index (χ3v) is 5.57. The van der Waals surface area contributed by atoms with Crippen LogP contribution in [0.4, 0.5) is 11.4 Å². The molecule has 1 unspecified atom stereocenters. The smallest absolute Gasteiger partial charge is 0.227 e. The van der Waals surface area contributed by atoms with Gasteiger partial charge in [0.05, 0.1) is 12.8 Å². The van der Waals surface area contributed by atoms with Gasteiger partial charge in [-0.05, 0) is 43.9 Å². The van der Waals surface area contributed by atoms with Gasteiger partial charge in [-0.2, -0.15) is 4.98 Å². The predicted octanol–water partition coefficient (Wildman–Crippen LogP) is 4.24. The van der Waals surface area contributed by atoms with Crippen molar-refractivity contribution in [2.75, 3.05) is 17.7 Å². The Labute approximate surface area is 187 Å². The molecule has 7 nitrogen and oxygen atoms in total. The fraction of sp³-hybridized carbons (Fsp3) is 0.280. The Morgan fingerprint density at radius 2 is 1.66 bits per heavy atom. The van der Waals surface area contributed by atoms with Crippen molar-refractivity contribution in [3.63, 3.8) is 0 Å². The number of aryl methyl sites for hydroxylation is 1. The number of amides is 2. The van der Waals surface area contributed by atoms with Crippen LogP contribution in [-0.2, 0) is 22.4 Å². The van der Waals surface area contributed by atoms with Crippen LogP contribution in [0.2, 0.25) is 0 Å². The summed E-state index contributed by atoms with van der Waals surface area (Å²) in [7, 11) is 1.62. The van der Waals surface area contributed by atoms with Crippen LogP contribution in [0.5, 0.6) is 5.88 Å². The number of benzene rings is 2. The van der Waals surface area contributed by atoms with Gasteiger partial charge in [-0.1, -0.05) is 36.4 Å². The predicted molar refractivity (Wildman–Crippen MR) is 124 cm³/mol. The molecule has 7 heteroatoms. The standard InChI is InChI=1S/C25H26N4O3/c1-16(30)26-19-9-6-10-20(15-19)27-24(31)18-11-13-21-22(14-12-18)28-23(29-25(21)32-2)17-7-4-3-5-8-17/h3-10,15,18H,11-14H2,1-2H3,(H,26,30)(H,27,31). The maximum Gasteiger partial charge on any atom is 0.227 e. The van der Waals surface area contributed by atoms with Gasteiger partial charge in [-0.25, -0.2) is 4.98 Å². The van der Waals surface area contributed by atoms with E-state index in [0.717, 1.165) is 16.8 Å². The topological polar surface area (TPSA) is 93.2 Å². The maximum absolute atomic E-state index is 13.0. The Morgan fingerprint density at radius 1 is 0.938 bits per heavy atom. The van der Waals surface area contributed by atoms with Crippen molar-refractivity contribution in [2.24, 2.45) is 5.92 Å². The minimum Gasteiger partial charge on any atom is -0.481 e. The number of ether oxygens (including phenoxy) is 1. The summed E-state index contributed by atoms with van der Waals surface area (Å²) in [6, 6.07) is 17.0. The molecule has 164 valence electrons. The number of anilines is 2. The zero-order valence-electron chi connectivity index (χ0n) is 18.2. The van der Waals surface area contributed by atoms with Gasteiger partial charge >= 0.3 is 0 Å². The summed E-state index contributed by atoms with van der Waals surface area (Å²) in [5.74, 6) is 0.878. The highest BCUT2D eigenvalue weighted by atomic mass is 16.5. The Bertz CT molecular complexity index is 1130. The molecule has 2 aromatic carbocycles.